The van der Waals surface area contributed by atoms with E-state index in [-0.39, 0.29) is 25.4 Å². The molecule has 0 spiro atoms. The van der Waals surface area contributed by atoms with Crippen LogP contribution in [0.25, 0.3) is 0 Å². The van der Waals surface area contributed by atoms with Crippen LogP contribution >= 0.6 is 19.6 Å². The number of ether oxygens (including phenoxy) is 1. The number of hydrogen-bond donors (Lipinski definition) is 3. The van der Waals surface area contributed by atoms with Gasteiger partial charge < -0.3 is 14.7 Å². The summed E-state index contributed by atoms with van der Waals surface area (Å²) in [6, 6.07) is 6.79. The van der Waals surface area contributed by atoms with Gasteiger partial charge in [0.1, 0.15) is 11.9 Å². The van der Waals surface area contributed by atoms with Crippen LogP contribution in [0.1, 0.15) is 82.6 Å². The van der Waals surface area contributed by atoms with Crippen molar-refractivity contribution in [2.24, 2.45) is 0 Å². The number of aliphatic hydroxyl groups is 1. The number of halogens is 2. The van der Waals surface area contributed by atoms with Crippen molar-refractivity contribution in [2.45, 2.75) is 108 Å². The Morgan fingerprint density at radius 1 is 0.933 bits per heavy atom. The quantitative estimate of drug-likeness (QED) is 0.0994. The molecule has 1 aliphatic rings. The maximum absolute atomic E-state index is 13.5. The highest BCUT2D eigenvalue weighted by atomic mass is 32.2. The fourth-order valence-electron chi connectivity index (χ4n) is 5.21. The molecule has 0 bridgehead atoms. The molecule has 1 aromatic heterocycles. The summed E-state index contributed by atoms with van der Waals surface area (Å²) in [4.78, 5) is 34.8. The number of phosphoric ester groups is 1. The second-order valence-electron chi connectivity index (χ2n) is 11.5. The summed E-state index contributed by atoms with van der Waals surface area (Å²) in [6.07, 6.45) is 12.7. The molecule has 45 heavy (non-hydrogen) atoms. The minimum atomic E-state index is -4.34. The van der Waals surface area contributed by atoms with Gasteiger partial charge in [-0.1, -0.05) is 69.9 Å². The molecular formula is C31H47F2N2O8PS. The van der Waals surface area contributed by atoms with E-state index < -0.39 is 49.8 Å². The van der Waals surface area contributed by atoms with Gasteiger partial charge in [-0.25, -0.2) is 13.8 Å². The molecule has 1 aromatic carbocycles. The Morgan fingerprint density at radius 3 is 2.22 bits per heavy atom. The van der Waals surface area contributed by atoms with Crippen molar-refractivity contribution < 1.29 is 37.1 Å². The number of aryl methyl sites for hydroxylation is 1. The number of nitrogens with one attached hydrogen (secondary N) is 1. The van der Waals surface area contributed by atoms with E-state index in [0.29, 0.717) is 5.75 Å². The van der Waals surface area contributed by atoms with E-state index in [1.165, 1.54) is 69.1 Å². The van der Waals surface area contributed by atoms with Gasteiger partial charge in [-0.15, -0.1) is 0 Å². The number of aromatic amines is 1. The summed E-state index contributed by atoms with van der Waals surface area (Å²) in [5, 5.41) is 10.2. The maximum Gasteiger partial charge on any atom is 0.472 e. The number of H-pyrrole nitrogens is 1. The van der Waals surface area contributed by atoms with Crippen molar-refractivity contribution in [3.63, 3.8) is 0 Å². The number of rotatable bonds is 23. The minimum absolute atomic E-state index is 0.0437. The topological polar surface area (TPSA) is 140 Å². The average molecular weight is 677 g/mol. The number of hydrogen-bond acceptors (Lipinski definition) is 8. The fraction of sp³-hybridized carbons (Fsp3) is 0.677. The van der Waals surface area contributed by atoms with E-state index in [1.807, 2.05) is 17.1 Å². The molecule has 0 radical (unpaired) electrons. The van der Waals surface area contributed by atoms with Gasteiger partial charge in [0.05, 0.1) is 38.2 Å². The first-order valence-corrected chi connectivity index (χ1v) is 18.5. The standard InChI is InChI=1S/C31H47F2N2O8PS/c32-25-15-13-24(14-16-25)12-10-8-6-4-2-1-3-5-7-9-11-18-45-19-17-41-44(39,40)42-23-29-28(36)20-26(43-29)21-35-22-27(33)30(37)34-31(35)38/h13-16,22,26,28-29,36H,1-12,17-21,23H2,(H,39,40)(H,34,37,38)/t26-,28+,29-/m1/s1. The first kappa shape index (κ1) is 37.6. The van der Waals surface area contributed by atoms with Crippen molar-refractivity contribution in [1.29, 1.82) is 0 Å². The fourth-order valence-corrected chi connectivity index (χ4v) is 6.88. The first-order chi connectivity index (χ1) is 21.6. The van der Waals surface area contributed by atoms with Crippen LogP contribution in [0, 0.1) is 11.6 Å². The van der Waals surface area contributed by atoms with Crippen LogP contribution in [0.3, 0.4) is 0 Å². The maximum atomic E-state index is 13.5. The molecule has 1 aliphatic heterocycles. The largest absolute Gasteiger partial charge is 0.472 e. The summed E-state index contributed by atoms with van der Waals surface area (Å²) >= 11 is 1.65. The molecule has 2 aromatic rings. The van der Waals surface area contributed by atoms with Gasteiger partial charge in [-0.3, -0.25) is 23.4 Å². The second kappa shape index (κ2) is 20.4. The molecule has 0 aliphatic carbocycles. The lowest BCUT2D eigenvalue weighted by Gasteiger charge is -2.18. The van der Waals surface area contributed by atoms with Crippen LogP contribution in [-0.2, 0) is 31.3 Å². The molecule has 14 heteroatoms. The molecule has 0 saturated carbocycles. The van der Waals surface area contributed by atoms with Gasteiger partial charge in [0.15, 0.2) is 0 Å². The number of phosphoric acid groups is 1. The predicted molar refractivity (Wildman–Crippen MR) is 171 cm³/mol. The van der Waals surface area contributed by atoms with Crippen molar-refractivity contribution in [3.05, 3.63) is 68.5 Å². The van der Waals surface area contributed by atoms with Crippen molar-refractivity contribution >= 4 is 19.6 Å². The normalized spacial score (nSPS) is 19.6. The van der Waals surface area contributed by atoms with Crippen molar-refractivity contribution in [2.75, 3.05) is 24.7 Å². The van der Waals surface area contributed by atoms with Crippen molar-refractivity contribution in [3.8, 4) is 0 Å². The number of aliphatic hydroxyl groups excluding tert-OH is 1. The monoisotopic (exact) mass is 676 g/mol. The summed E-state index contributed by atoms with van der Waals surface area (Å²) < 4.78 is 55.2. The highest BCUT2D eigenvalue weighted by Gasteiger charge is 2.36. The van der Waals surface area contributed by atoms with E-state index in [4.69, 9.17) is 13.8 Å². The summed E-state index contributed by atoms with van der Waals surface area (Å²) in [7, 11) is -4.34. The second-order valence-corrected chi connectivity index (χ2v) is 14.1. The summed E-state index contributed by atoms with van der Waals surface area (Å²) in [6.45, 7) is -0.470. The predicted octanol–water partition coefficient (Wildman–Crippen LogP) is 5.73. The minimum Gasteiger partial charge on any atom is -0.390 e. The van der Waals surface area contributed by atoms with Gasteiger partial charge in [0, 0.05) is 12.2 Å². The summed E-state index contributed by atoms with van der Waals surface area (Å²) in [5.41, 5.74) is -0.724. The number of benzene rings is 1. The number of aromatic nitrogens is 2. The van der Waals surface area contributed by atoms with E-state index in [2.05, 4.69) is 0 Å². The molecular weight excluding hydrogens is 629 g/mol. The van der Waals surface area contributed by atoms with Crippen LogP contribution < -0.4 is 11.2 Å². The lowest BCUT2D eigenvalue weighted by Crippen LogP contribution is -2.34. The van der Waals surface area contributed by atoms with Gasteiger partial charge in [-0.2, -0.15) is 16.2 Å². The lowest BCUT2D eigenvalue weighted by atomic mass is 10.0. The molecule has 2 heterocycles. The van der Waals surface area contributed by atoms with Crippen LogP contribution in [0.5, 0.6) is 0 Å². The van der Waals surface area contributed by atoms with Crippen LogP contribution in [0.2, 0.25) is 0 Å². The molecule has 10 nitrogen and oxygen atoms in total. The van der Waals surface area contributed by atoms with Crippen LogP contribution in [-0.4, -0.2) is 62.6 Å². The van der Waals surface area contributed by atoms with Gasteiger partial charge in [0.25, 0.3) is 5.56 Å². The van der Waals surface area contributed by atoms with E-state index >= 15 is 0 Å². The Hall–Kier alpha value is -1.86. The molecule has 1 unspecified atom stereocenters. The molecule has 3 rings (SSSR count). The smallest absolute Gasteiger partial charge is 0.390 e. The van der Waals surface area contributed by atoms with E-state index in [9.17, 15) is 32.9 Å². The highest BCUT2D eigenvalue weighted by Crippen LogP contribution is 2.44. The number of nitrogens with zero attached hydrogens (tertiary/aromatic N) is 1. The molecule has 1 fully saturated rings. The number of thioether (sulfide) groups is 1. The third-order valence-corrected chi connectivity index (χ3v) is 9.74. The first-order valence-electron chi connectivity index (χ1n) is 15.9. The van der Waals surface area contributed by atoms with Crippen molar-refractivity contribution in [1.82, 2.24) is 9.55 Å². The Labute approximate surface area is 267 Å². The number of unbranched alkanes of at least 4 members (excludes halogenated alkanes) is 10. The summed E-state index contributed by atoms with van der Waals surface area (Å²) in [5.74, 6) is 0.198. The molecule has 4 atom stereocenters. The van der Waals surface area contributed by atoms with Gasteiger partial charge in [-0.05, 0) is 42.7 Å². The highest BCUT2D eigenvalue weighted by molar-refractivity contribution is 7.99. The third-order valence-electron chi connectivity index (χ3n) is 7.72. The Bertz CT molecular complexity index is 1300. The Morgan fingerprint density at radius 2 is 1.56 bits per heavy atom. The van der Waals surface area contributed by atoms with Crippen LogP contribution in [0.4, 0.5) is 8.78 Å². The zero-order chi connectivity index (χ0) is 32.5. The molecule has 1 saturated heterocycles. The SMILES string of the molecule is O=c1[nH]c(=O)n(C[C@H]2C[C@H](O)[C@@H](COP(=O)(O)OCCSCCCCCCCCCCCCCc3ccc(F)cc3)O2)cc1F. The third kappa shape index (κ3) is 15.1. The Kier molecular flexibility index (Phi) is 17.0. The molecule has 0 amide bonds. The molecule has 3 N–H and O–H groups in total. The molecule has 254 valence electrons. The van der Waals surface area contributed by atoms with E-state index in [0.717, 1.165) is 42.2 Å². The van der Waals surface area contributed by atoms with E-state index in [1.54, 1.807) is 11.8 Å². The average Bonchev–Trinajstić information content (AvgIpc) is 3.35. The zero-order valence-corrected chi connectivity index (χ0v) is 27.5. The lowest BCUT2D eigenvalue weighted by molar-refractivity contribution is -0.0273. The zero-order valence-electron chi connectivity index (χ0n) is 25.7. The van der Waals surface area contributed by atoms with Crippen LogP contribution in [0.15, 0.2) is 40.1 Å². The Balaban J connectivity index is 1.11. The van der Waals surface area contributed by atoms with Gasteiger partial charge >= 0.3 is 13.5 Å². The van der Waals surface area contributed by atoms with Gasteiger partial charge in [0.2, 0.25) is 5.82 Å².